The summed E-state index contributed by atoms with van der Waals surface area (Å²) in [4.78, 5) is 17.5. The maximum absolute atomic E-state index is 12.8. The van der Waals surface area contributed by atoms with E-state index in [2.05, 4.69) is 30.2 Å². The Hall–Kier alpha value is -1.74. The Morgan fingerprint density at radius 1 is 1.29 bits per heavy atom. The molecular formula is C18H22N2O. The minimum Gasteiger partial charge on any atom is -0.316 e. The summed E-state index contributed by atoms with van der Waals surface area (Å²) in [6.45, 7) is 6.05. The maximum atomic E-state index is 12.8. The normalized spacial score (nSPS) is 22.0. The molecule has 0 bridgehead atoms. The summed E-state index contributed by atoms with van der Waals surface area (Å²) in [5.41, 5.74) is 1.63. The van der Waals surface area contributed by atoms with E-state index in [1.807, 2.05) is 30.3 Å². The Labute approximate surface area is 125 Å². The third-order valence-corrected chi connectivity index (χ3v) is 4.85. The van der Waals surface area contributed by atoms with Crippen LogP contribution in [0.15, 0.2) is 36.4 Å². The number of ketones is 1. The summed E-state index contributed by atoms with van der Waals surface area (Å²) in [6, 6.07) is 12.1. The molecule has 2 heterocycles. The van der Waals surface area contributed by atoms with Crippen molar-refractivity contribution in [2.45, 2.75) is 26.7 Å². The number of benzene rings is 1. The zero-order valence-electron chi connectivity index (χ0n) is 12.7. The van der Waals surface area contributed by atoms with Crippen LogP contribution in [0.4, 0.5) is 0 Å². The number of fused-ring (bicyclic) bond motifs is 1. The van der Waals surface area contributed by atoms with Crippen molar-refractivity contribution < 1.29 is 4.79 Å². The number of aromatic nitrogens is 1. The van der Waals surface area contributed by atoms with Gasteiger partial charge < -0.3 is 5.32 Å². The lowest BCUT2D eigenvalue weighted by Crippen LogP contribution is -2.39. The van der Waals surface area contributed by atoms with Crippen molar-refractivity contribution in [2.75, 3.05) is 13.1 Å². The van der Waals surface area contributed by atoms with Gasteiger partial charge >= 0.3 is 0 Å². The van der Waals surface area contributed by atoms with Gasteiger partial charge in [-0.25, -0.2) is 0 Å². The zero-order chi connectivity index (χ0) is 14.9. The number of Topliss-reactive ketones (excluding diaryl/α,β-unsaturated/α-hetero) is 1. The molecule has 1 fully saturated rings. The van der Waals surface area contributed by atoms with Gasteiger partial charge in [-0.2, -0.15) is 0 Å². The Morgan fingerprint density at radius 3 is 2.81 bits per heavy atom. The molecule has 1 aliphatic heterocycles. The second kappa shape index (κ2) is 5.57. The monoisotopic (exact) mass is 282 g/mol. The molecule has 1 N–H and O–H groups in total. The van der Waals surface area contributed by atoms with Crippen molar-refractivity contribution in [1.82, 2.24) is 10.3 Å². The maximum Gasteiger partial charge on any atom is 0.146 e. The van der Waals surface area contributed by atoms with E-state index < -0.39 is 0 Å². The van der Waals surface area contributed by atoms with Crippen molar-refractivity contribution in [3.05, 3.63) is 42.1 Å². The molecule has 0 aliphatic carbocycles. The minimum atomic E-state index is -0.215. The average molecular weight is 282 g/mol. The topological polar surface area (TPSA) is 42.0 Å². The number of nitrogens with zero attached hydrogens (tertiary/aromatic N) is 1. The van der Waals surface area contributed by atoms with Gasteiger partial charge in [0.2, 0.25) is 0 Å². The Bertz CT molecular complexity index is 657. The van der Waals surface area contributed by atoms with Crippen LogP contribution in [0.1, 0.15) is 26.0 Å². The van der Waals surface area contributed by atoms with Crippen molar-refractivity contribution in [3.63, 3.8) is 0 Å². The highest BCUT2D eigenvalue weighted by atomic mass is 16.1. The van der Waals surface area contributed by atoms with Crippen LogP contribution in [0.2, 0.25) is 0 Å². The highest BCUT2D eigenvalue weighted by molar-refractivity contribution is 5.88. The number of pyridine rings is 1. The smallest absolute Gasteiger partial charge is 0.146 e. The van der Waals surface area contributed by atoms with Gasteiger partial charge in [-0.05, 0) is 31.0 Å². The van der Waals surface area contributed by atoms with Gasteiger partial charge in [0, 0.05) is 29.5 Å². The first kappa shape index (κ1) is 14.2. The van der Waals surface area contributed by atoms with E-state index >= 15 is 0 Å². The number of hydrogen-bond donors (Lipinski definition) is 1. The van der Waals surface area contributed by atoms with Crippen molar-refractivity contribution in [2.24, 2.45) is 11.3 Å². The molecular weight excluding hydrogens is 260 g/mol. The molecule has 0 spiro atoms. The molecule has 1 saturated heterocycles. The summed E-state index contributed by atoms with van der Waals surface area (Å²) in [5, 5.41) is 4.47. The molecule has 3 heteroatoms. The molecule has 3 nitrogen and oxygen atoms in total. The predicted molar refractivity (Wildman–Crippen MR) is 85.2 cm³/mol. The zero-order valence-corrected chi connectivity index (χ0v) is 12.7. The SMILES string of the molecule is CC(C)C1(C(=O)Cc2ccc3ccccc3n2)CCNC1. The van der Waals surface area contributed by atoms with Crippen molar-refractivity contribution >= 4 is 16.7 Å². The van der Waals surface area contributed by atoms with E-state index in [1.54, 1.807) is 0 Å². The van der Waals surface area contributed by atoms with Crippen molar-refractivity contribution in [1.29, 1.82) is 0 Å². The first-order valence-corrected chi connectivity index (χ1v) is 7.70. The first-order chi connectivity index (χ1) is 10.1. The van der Waals surface area contributed by atoms with E-state index in [1.165, 1.54) is 0 Å². The quantitative estimate of drug-likeness (QED) is 0.937. The van der Waals surface area contributed by atoms with Crippen LogP contribution in [0.3, 0.4) is 0 Å². The largest absolute Gasteiger partial charge is 0.316 e. The highest BCUT2D eigenvalue weighted by Gasteiger charge is 2.43. The number of rotatable bonds is 4. The van der Waals surface area contributed by atoms with E-state index in [0.29, 0.717) is 18.1 Å². The Balaban J connectivity index is 1.85. The van der Waals surface area contributed by atoms with Gasteiger partial charge in [0.05, 0.1) is 5.52 Å². The second-order valence-corrected chi connectivity index (χ2v) is 6.33. The number of hydrogen-bond acceptors (Lipinski definition) is 3. The fraction of sp³-hybridized carbons (Fsp3) is 0.444. The summed E-state index contributed by atoms with van der Waals surface area (Å²) in [7, 11) is 0. The Morgan fingerprint density at radius 2 is 2.10 bits per heavy atom. The first-order valence-electron chi connectivity index (χ1n) is 7.70. The number of carbonyl (C=O) groups is 1. The van der Waals surface area contributed by atoms with Gasteiger partial charge in [0.1, 0.15) is 5.78 Å². The number of para-hydroxylation sites is 1. The second-order valence-electron chi connectivity index (χ2n) is 6.33. The molecule has 1 aromatic heterocycles. The van der Waals surface area contributed by atoms with Crippen LogP contribution in [-0.2, 0) is 11.2 Å². The van der Waals surface area contributed by atoms with Gasteiger partial charge in [-0.15, -0.1) is 0 Å². The van der Waals surface area contributed by atoms with E-state index in [4.69, 9.17) is 0 Å². The average Bonchev–Trinajstić information content (AvgIpc) is 2.98. The molecule has 1 aliphatic rings. The fourth-order valence-electron chi connectivity index (χ4n) is 3.31. The lowest BCUT2D eigenvalue weighted by Gasteiger charge is -2.31. The van der Waals surface area contributed by atoms with Gasteiger partial charge in [-0.3, -0.25) is 9.78 Å². The number of carbonyl (C=O) groups excluding carboxylic acids is 1. The van der Waals surface area contributed by atoms with Crippen LogP contribution in [-0.4, -0.2) is 23.9 Å². The molecule has 1 atom stereocenters. The summed E-state index contributed by atoms with van der Waals surface area (Å²) >= 11 is 0. The standard InChI is InChI=1S/C18H22N2O/c1-13(2)18(9-10-19-12-18)17(21)11-15-8-7-14-5-3-4-6-16(14)20-15/h3-8,13,19H,9-12H2,1-2H3. The highest BCUT2D eigenvalue weighted by Crippen LogP contribution is 2.36. The lowest BCUT2D eigenvalue weighted by molar-refractivity contribution is -0.129. The molecule has 110 valence electrons. The fourth-order valence-corrected chi connectivity index (χ4v) is 3.31. The number of nitrogens with one attached hydrogen (secondary N) is 1. The molecule has 2 aromatic rings. The van der Waals surface area contributed by atoms with Crippen LogP contribution in [0.5, 0.6) is 0 Å². The predicted octanol–water partition coefficient (Wildman–Crippen LogP) is 2.98. The summed E-state index contributed by atoms with van der Waals surface area (Å²) in [6.07, 6.45) is 1.38. The molecule has 0 radical (unpaired) electrons. The molecule has 1 aromatic carbocycles. The molecule has 3 rings (SSSR count). The summed E-state index contributed by atoms with van der Waals surface area (Å²) in [5.74, 6) is 0.686. The van der Waals surface area contributed by atoms with Gasteiger partial charge in [0.15, 0.2) is 0 Å². The molecule has 0 saturated carbocycles. The Kier molecular flexibility index (Phi) is 3.77. The molecule has 21 heavy (non-hydrogen) atoms. The van der Waals surface area contributed by atoms with E-state index in [-0.39, 0.29) is 5.41 Å². The molecule has 0 amide bonds. The van der Waals surface area contributed by atoms with Gasteiger partial charge in [0.25, 0.3) is 0 Å². The molecule has 1 unspecified atom stereocenters. The third kappa shape index (κ3) is 2.58. The van der Waals surface area contributed by atoms with Gasteiger partial charge in [-0.1, -0.05) is 38.1 Å². The van der Waals surface area contributed by atoms with Crippen LogP contribution >= 0.6 is 0 Å². The summed E-state index contributed by atoms with van der Waals surface area (Å²) < 4.78 is 0. The third-order valence-electron chi connectivity index (χ3n) is 4.85. The van der Waals surface area contributed by atoms with Crippen LogP contribution in [0, 0.1) is 11.3 Å². The van der Waals surface area contributed by atoms with E-state index in [0.717, 1.165) is 36.1 Å². The van der Waals surface area contributed by atoms with Crippen LogP contribution < -0.4 is 5.32 Å². The van der Waals surface area contributed by atoms with Crippen molar-refractivity contribution in [3.8, 4) is 0 Å². The van der Waals surface area contributed by atoms with E-state index in [9.17, 15) is 4.79 Å². The van der Waals surface area contributed by atoms with Crippen LogP contribution in [0.25, 0.3) is 10.9 Å². The minimum absolute atomic E-state index is 0.215. The lowest BCUT2D eigenvalue weighted by atomic mass is 9.72.